The summed E-state index contributed by atoms with van der Waals surface area (Å²) in [7, 11) is 1.57. The van der Waals surface area contributed by atoms with Crippen molar-refractivity contribution in [1.29, 1.82) is 0 Å². The lowest BCUT2D eigenvalue weighted by molar-refractivity contribution is -0.122. The number of nitrogens with one attached hydrogen (secondary N) is 1. The maximum atomic E-state index is 10.7. The second kappa shape index (κ2) is 11.0. The minimum Gasteiger partial charge on any atom is -0.358 e. The van der Waals surface area contributed by atoms with E-state index in [1.807, 2.05) is 0 Å². The van der Waals surface area contributed by atoms with Crippen LogP contribution in [0.4, 0.5) is 0 Å². The van der Waals surface area contributed by atoms with Crippen LogP contribution in [-0.4, -0.2) is 25.5 Å². The van der Waals surface area contributed by atoms with Crippen molar-refractivity contribution in [2.45, 2.75) is 18.9 Å². The van der Waals surface area contributed by atoms with Gasteiger partial charge in [0.2, 0.25) is 5.91 Å². The highest BCUT2D eigenvalue weighted by molar-refractivity contribution is 5.85. The SMILES string of the molecule is CNC(=O)[C@H](N)CCCN.Cl.Cl. The molecule has 0 aliphatic heterocycles. The highest BCUT2D eigenvalue weighted by atomic mass is 35.5. The fourth-order valence-corrected chi connectivity index (χ4v) is 0.654. The molecule has 0 unspecified atom stereocenters. The molecule has 6 heteroatoms. The van der Waals surface area contributed by atoms with Gasteiger partial charge >= 0.3 is 0 Å². The van der Waals surface area contributed by atoms with E-state index in [9.17, 15) is 4.79 Å². The minimum atomic E-state index is -0.395. The van der Waals surface area contributed by atoms with Gasteiger partial charge in [-0.15, -0.1) is 24.8 Å². The number of amides is 1. The number of likely N-dealkylation sites (N-methyl/N-ethyl adjacent to an activating group) is 1. The summed E-state index contributed by atoms with van der Waals surface area (Å²) in [6.07, 6.45) is 1.46. The van der Waals surface area contributed by atoms with Gasteiger partial charge in [0, 0.05) is 7.05 Å². The first-order valence-corrected chi connectivity index (χ1v) is 3.39. The molecule has 12 heavy (non-hydrogen) atoms. The van der Waals surface area contributed by atoms with Crippen LogP contribution in [0.3, 0.4) is 0 Å². The van der Waals surface area contributed by atoms with Gasteiger partial charge < -0.3 is 16.8 Å². The van der Waals surface area contributed by atoms with Gasteiger partial charge in [-0.25, -0.2) is 0 Å². The molecule has 0 spiro atoms. The number of hydrogen-bond donors (Lipinski definition) is 3. The molecule has 0 saturated heterocycles. The first-order valence-electron chi connectivity index (χ1n) is 3.39. The fraction of sp³-hybridized carbons (Fsp3) is 0.833. The molecule has 0 aromatic rings. The van der Waals surface area contributed by atoms with Gasteiger partial charge in [-0.3, -0.25) is 4.79 Å². The van der Waals surface area contributed by atoms with Crippen molar-refractivity contribution >= 4 is 30.7 Å². The van der Waals surface area contributed by atoms with Crippen molar-refractivity contribution in [2.24, 2.45) is 11.5 Å². The second-order valence-electron chi connectivity index (χ2n) is 2.15. The monoisotopic (exact) mass is 217 g/mol. The molecule has 0 heterocycles. The third-order valence-corrected chi connectivity index (χ3v) is 1.30. The molecule has 0 aromatic heterocycles. The van der Waals surface area contributed by atoms with Gasteiger partial charge in [-0.1, -0.05) is 0 Å². The second-order valence-corrected chi connectivity index (χ2v) is 2.15. The maximum Gasteiger partial charge on any atom is 0.236 e. The van der Waals surface area contributed by atoms with E-state index in [0.717, 1.165) is 6.42 Å². The third-order valence-electron chi connectivity index (χ3n) is 1.30. The van der Waals surface area contributed by atoms with Gasteiger partial charge in [-0.2, -0.15) is 0 Å². The van der Waals surface area contributed by atoms with Crippen LogP contribution in [0.1, 0.15) is 12.8 Å². The van der Waals surface area contributed by atoms with E-state index in [1.54, 1.807) is 7.05 Å². The van der Waals surface area contributed by atoms with Gasteiger partial charge in [0.25, 0.3) is 0 Å². The van der Waals surface area contributed by atoms with Crippen molar-refractivity contribution in [2.75, 3.05) is 13.6 Å². The first kappa shape index (κ1) is 17.9. The summed E-state index contributed by atoms with van der Waals surface area (Å²) < 4.78 is 0. The summed E-state index contributed by atoms with van der Waals surface area (Å²) >= 11 is 0. The first-order chi connectivity index (χ1) is 4.72. The Kier molecular flexibility index (Phi) is 16.4. The van der Waals surface area contributed by atoms with Crippen molar-refractivity contribution < 1.29 is 4.79 Å². The molecule has 76 valence electrons. The standard InChI is InChI=1S/C6H15N3O.2ClH/c1-9-6(10)5(8)3-2-4-7;;/h5H,2-4,7-8H2,1H3,(H,9,10);2*1H/t5-;;/m1../s1. The van der Waals surface area contributed by atoms with Crippen LogP contribution in [0.15, 0.2) is 0 Å². The Morgan fingerprint density at radius 1 is 1.50 bits per heavy atom. The summed E-state index contributed by atoms with van der Waals surface area (Å²) in [6, 6.07) is -0.395. The largest absolute Gasteiger partial charge is 0.358 e. The molecule has 0 radical (unpaired) electrons. The van der Waals surface area contributed by atoms with Crippen molar-refractivity contribution in [3.63, 3.8) is 0 Å². The van der Waals surface area contributed by atoms with Crippen LogP contribution in [0.25, 0.3) is 0 Å². The molecule has 0 bridgehead atoms. The number of hydrogen-bond acceptors (Lipinski definition) is 3. The maximum absolute atomic E-state index is 10.7. The molecular weight excluding hydrogens is 201 g/mol. The zero-order chi connectivity index (χ0) is 7.98. The number of rotatable bonds is 4. The summed E-state index contributed by atoms with van der Waals surface area (Å²) in [6.45, 7) is 0.588. The summed E-state index contributed by atoms with van der Waals surface area (Å²) in [4.78, 5) is 10.7. The van der Waals surface area contributed by atoms with Crippen LogP contribution in [0, 0.1) is 0 Å². The predicted octanol–water partition coefficient (Wildman–Crippen LogP) is -0.358. The Morgan fingerprint density at radius 3 is 2.33 bits per heavy atom. The molecule has 0 saturated carbocycles. The molecule has 1 amide bonds. The van der Waals surface area contributed by atoms with E-state index in [1.165, 1.54) is 0 Å². The Bertz CT molecular complexity index is 113. The van der Waals surface area contributed by atoms with E-state index < -0.39 is 6.04 Å². The average Bonchev–Trinajstić information content (AvgIpc) is 1.98. The Morgan fingerprint density at radius 2 is 2.00 bits per heavy atom. The quantitative estimate of drug-likeness (QED) is 0.602. The lowest BCUT2D eigenvalue weighted by Gasteiger charge is -2.07. The lowest BCUT2D eigenvalue weighted by Crippen LogP contribution is -2.38. The number of halogens is 2. The van der Waals surface area contributed by atoms with Crippen LogP contribution < -0.4 is 16.8 Å². The summed E-state index contributed by atoms with van der Waals surface area (Å²) in [5.41, 5.74) is 10.7. The molecular formula is C6H17Cl2N3O. The molecule has 0 rings (SSSR count). The molecule has 5 N–H and O–H groups in total. The smallest absolute Gasteiger partial charge is 0.236 e. The lowest BCUT2D eigenvalue weighted by atomic mass is 10.1. The molecule has 0 aliphatic rings. The highest BCUT2D eigenvalue weighted by Gasteiger charge is 2.09. The van der Waals surface area contributed by atoms with Crippen molar-refractivity contribution in [3.05, 3.63) is 0 Å². The molecule has 0 aromatic carbocycles. The van der Waals surface area contributed by atoms with Gasteiger partial charge in [0.05, 0.1) is 6.04 Å². The van der Waals surface area contributed by atoms with Crippen molar-refractivity contribution in [1.82, 2.24) is 5.32 Å². The number of carbonyl (C=O) groups excluding carboxylic acids is 1. The molecule has 4 nitrogen and oxygen atoms in total. The number of carbonyl (C=O) groups is 1. The fourth-order valence-electron chi connectivity index (χ4n) is 0.654. The zero-order valence-corrected chi connectivity index (χ0v) is 8.71. The van der Waals surface area contributed by atoms with E-state index in [0.29, 0.717) is 13.0 Å². The van der Waals surface area contributed by atoms with Crippen LogP contribution in [-0.2, 0) is 4.79 Å². The van der Waals surface area contributed by atoms with Gasteiger partial charge in [-0.05, 0) is 19.4 Å². The highest BCUT2D eigenvalue weighted by Crippen LogP contribution is 1.91. The predicted molar refractivity (Wildman–Crippen MR) is 54.8 cm³/mol. The molecule has 0 aliphatic carbocycles. The summed E-state index contributed by atoms with van der Waals surface area (Å²) in [5, 5.41) is 2.47. The Labute approximate surface area is 85.3 Å². The molecule has 0 fully saturated rings. The molecule has 1 atom stereocenters. The van der Waals surface area contributed by atoms with Gasteiger partial charge in [0.15, 0.2) is 0 Å². The average molecular weight is 218 g/mol. The summed E-state index contributed by atoms with van der Waals surface area (Å²) in [5.74, 6) is -0.117. The van der Waals surface area contributed by atoms with Crippen LogP contribution in [0.2, 0.25) is 0 Å². The van der Waals surface area contributed by atoms with Crippen molar-refractivity contribution in [3.8, 4) is 0 Å². The van der Waals surface area contributed by atoms with Gasteiger partial charge in [0.1, 0.15) is 0 Å². The van der Waals surface area contributed by atoms with E-state index in [-0.39, 0.29) is 30.7 Å². The normalized spacial score (nSPS) is 10.6. The Hall–Kier alpha value is -0.0300. The number of nitrogens with two attached hydrogens (primary N) is 2. The zero-order valence-electron chi connectivity index (χ0n) is 7.08. The van der Waals surface area contributed by atoms with E-state index >= 15 is 0 Å². The Balaban J connectivity index is -0.000000405. The minimum absolute atomic E-state index is 0. The topological polar surface area (TPSA) is 81.1 Å². The third kappa shape index (κ3) is 8.07. The van der Waals surface area contributed by atoms with Crippen LogP contribution >= 0.6 is 24.8 Å². The van der Waals surface area contributed by atoms with E-state index in [2.05, 4.69) is 5.32 Å². The van der Waals surface area contributed by atoms with Crippen LogP contribution in [0.5, 0.6) is 0 Å². The van der Waals surface area contributed by atoms with E-state index in [4.69, 9.17) is 11.5 Å².